The molecule has 4 heteroatoms. The summed E-state index contributed by atoms with van der Waals surface area (Å²) in [6, 6.07) is 11.5. The largest absolute Gasteiger partial charge is 0.322 e. The first-order valence-corrected chi connectivity index (χ1v) is 6.65. The number of nitrogens with one attached hydrogen (secondary N) is 1. The third-order valence-electron chi connectivity index (χ3n) is 2.72. The molecule has 2 amide bonds. The zero-order chi connectivity index (χ0) is 13.0. The van der Waals surface area contributed by atoms with Gasteiger partial charge in [0.1, 0.15) is 0 Å². The van der Waals surface area contributed by atoms with Crippen molar-refractivity contribution >= 4 is 23.1 Å². The van der Waals surface area contributed by atoms with E-state index in [4.69, 9.17) is 0 Å². The maximum absolute atomic E-state index is 12.0. The number of urea groups is 1. The molecule has 1 aromatic heterocycles. The highest BCUT2D eigenvalue weighted by molar-refractivity contribution is 7.10. The highest BCUT2D eigenvalue weighted by Gasteiger charge is 2.11. The van der Waals surface area contributed by atoms with Crippen molar-refractivity contribution < 1.29 is 4.79 Å². The van der Waals surface area contributed by atoms with Crippen LogP contribution in [0.1, 0.15) is 10.4 Å². The first kappa shape index (κ1) is 12.6. The number of aryl methyl sites for hydroxylation is 1. The number of hydrogen-bond donors (Lipinski definition) is 1. The zero-order valence-electron chi connectivity index (χ0n) is 10.5. The molecule has 0 aliphatic rings. The van der Waals surface area contributed by atoms with Gasteiger partial charge in [0.05, 0.1) is 6.54 Å². The van der Waals surface area contributed by atoms with Crippen LogP contribution in [-0.2, 0) is 6.54 Å². The number of rotatable bonds is 3. The topological polar surface area (TPSA) is 32.3 Å². The minimum absolute atomic E-state index is 0.0889. The van der Waals surface area contributed by atoms with Crippen molar-refractivity contribution in [2.75, 3.05) is 12.4 Å². The average molecular weight is 260 g/mol. The van der Waals surface area contributed by atoms with E-state index in [0.29, 0.717) is 6.54 Å². The second-order valence-corrected chi connectivity index (χ2v) is 5.18. The van der Waals surface area contributed by atoms with Crippen LogP contribution in [0.25, 0.3) is 0 Å². The Hall–Kier alpha value is -1.81. The standard InChI is InChI=1S/C14H16N2OS/c1-11-8-9-18-13(11)10-16(2)14(17)15-12-6-4-3-5-7-12/h3-9H,10H2,1-2H3,(H,15,17). The average Bonchev–Trinajstić information content (AvgIpc) is 2.76. The number of carbonyl (C=O) groups is 1. The Labute approximate surface area is 111 Å². The third kappa shape index (κ3) is 3.11. The number of thiophene rings is 1. The van der Waals surface area contributed by atoms with Crippen LogP contribution in [0.3, 0.4) is 0 Å². The third-order valence-corrected chi connectivity index (χ3v) is 3.73. The minimum atomic E-state index is -0.0889. The van der Waals surface area contributed by atoms with Crippen molar-refractivity contribution in [2.24, 2.45) is 0 Å². The molecule has 0 spiro atoms. The van der Waals surface area contributed by atoms with Crippen molar-refractivity contribution in [2.45, 2.75) is 13.5 Å². The fourth-order valence-electron chi connectivity index (χ4n) is 1.59. The molecule has 0 radical (unpaired) electrons. The summed E-state index contributed by atoms with van der Waals surface area (Å²) in [6.07, 6.45) is 0. The molecule has 0 atom stereocenters. The number of hydrogen-bond acceptors (Lipinski definition) is 2. The van der Waals surface area contributed by atoms with Crippen LogP contribution >= 0.6 is 11.3 Å². The lowest BCUT2D eigenvalue weighted by Crippen LogP contribution is -2.30. The zero-order valence-corrected chi connectivity index (χ0v) is 11.3. The molecule has 3 nitrogen and oxygen atoms in total. The van der Waals surface area contributed by atoms with Crippen LogP contribution < -0.4 is 5.32 Å². The van der Waals surface area contributed by atoms with Crippen LogP contribution in [0.15, 0.2) is 41.8 Å². The number of para-hydroxylation sites is 1. The van der Waals surface area contributed by atoms with Crippen LogP contribution in [0.5, 0.6) is 0 Å². The maximum Gasteiger partial charge on any atom is 0.321 e. The Kier molecular flexibility index (Phi) is 3.99. The monoisotopic (exact) mass is 260 g/mol. The van der Waals surface area contributed by atoms with E-state index in [9.17, 15) is 4.79 Å². The van der Waals surface area contributed by atoms with Crippen LogP contribution in [0.4, 0.5) is 10.5 Å². The molecular formula is C14H16N2OS. The van der Waals surface area contributed by atoms with Gasteiger partial charge in [-0.15, -0.1) is 11.3 Å². The van der Waals surface area contributed by atoms with Gasteiger partial charge >= 0.3 is 6.03 Å². The number of carbonyl (C=O) groups excluding carboxylic acids is 1. The molecule has 2 rings (SSSR count). The summed E-state index contributed by atoms with van der Waals surface area (Å²) in [6.45, 7) is 2.71. The van der Waals surface area contributed by atoms with Gasteiger partial charge in [-0.25, -0.2) is 4.79 Å². The summed E-state index contributed by atoms with van der Waals surface area (Å²) in [5, 5.41) is 4.91. The molecule has 0 saturated carbocycles. The van der Waals surface area contributed by atoms with Gasteiger partial charge in [-0.1, -0.05) is 18.2 Å². The molecule has 18 heavy (non-hydrogen) atoms. The molecule has 1 aromatic carbocycles. The lowest BCUT2D eigenvalue weighted by atomic mass is 10.3. The number of benzene rings is 1. The van der Waals surface area contributed by atoms with Gasteiger partial charge in [0.25, 0.3) is 0 Å². The normalized spacial score (nSPS) is 10.1. The van der Waals surface area contributed by atoms with Gasteiger partial charge in [0.2, 0.25) is 0 Å². The number of anilines is 1. The summed E-state index contributed by atoms with van der Waals surface area (Å²) in [5.74, 6) is 0. The molecule has 1 heterocycles. The molecule has 0 unspecified atom stereocenters. The molecular weight excluding hydrogens is 244 g/mol. The Morgan fingerprint density at radius 2 is 2.00 bits per heavy atom. The van der Waals surface area contributed by atoms with Crippen LogP contribution in [0.2, 0.25) is 0 Å². The Morgan fingerprint density at radius 3 is 2.61 bits per heavy atom. The van der Waals surface area contributed by atoms with Gasteiger partial charge in [0, 0.05) is 17.6 Å². The summed E-state index contributed by atoms with van der Waals surface area (Å²) >= 11 is 1.68. The maximum atomic E-state index is 12.0. The molecule has 1 N–H and O–H groups in total. The van der Waals surface area contributed by atoms with Crippen molar-refractivity contribution in [1.29, 1.82) is 0 Å². The highest BCUT2D eigenvalue weighted by Crippen LogP contribution is 2.17. The van der Waals surface area contributed by atoms with Crippen molar-refractivity contribution in [1.82, 2.24) is 4.90 Å². The Morgan fingerprint density at radius 1 is 1.28 bits per heavy atom. The van der Waals surface area contributed by atoms with Gasteiger partial charge in [-0.05, 0) is 36.1 Å². The fraction of sp³-hybridized carbons (Fsp3) is 0.214. The molecule has 0 aliphatic heterocycles. The minimum Gasteiger partial charge on any atom is -0.322 e. The fourth-order valence-corrected chi connectivity index (χ4v) is 2.55. The summed E-state index contributed by atoms with van der Waals surface area (Å²) in [7, 11) is 1.80. The quantitative estimate of drug-likeness (QED) is 0.896. The molecule has 0 fully saturated rings. The summed E-state index contributed by atoms with van der Waals surface area (Å²) in [4.78, 5) is 14.9. The first-order valence-electron chi connectivity index (χ1n) is 5.77. The molecule has 0 aliphatic carbocycles. The molecule has 94 valence electrons. The molecule has 0 saturated heterocycles. The highest BCUT2D eigenvalue weighted by atomic mass is 32.1. The number of nitrogens with zero attached hydrogens (tertiary/aromatic N) is 1. The van der Waals surface area contributed by atoms with Gasteiger partial charge < -0.3 is 10.2 Å². The van der Waals surface area contributed by atoms with Gasteiger partial charge in [-0.2, -0.15) is 0 Å². The molecule has 2 aromatic rings. The van der Waals surface area contributed by atoms with Gasteiger partial charge in [-0.3, -0.25) is 0 Å². The second-order valence-electron chi connectivity index (χ2n) is 4.18. The van der Waals surface area contributed by atoms with E-state index < -0.39 is 0 Å². The predicted molar refractivity (Wildman–Crippen MR) is 76.0 cm³/mol. The van der Waals surface area contributed by atoms with E-state index in [1.807, 2.05) is 35.7 Å². The molecule has 0 bridgehead atoms. The Balaban J connectivity index is 1.95. The summed E-state index contributed by atoms with van der Waals surface area (Å²) in [5.41, 5.74) is 2.05. The predicted octanol–water partition coefficient (Wildman–Crippen LogP) is 3.72. The van der Waals surface area contributed by atoms with E-state index in [0.717, 1.165) is 5.69 Å². The smallest absolute Gasteiger partial charge is 0.321 e. The van der Waals surface area contributed by atoms with Crippen molar-refractivity contribution in [3.63, 3.8) is 0 Å². The van der Waals surface area contributed by atoms with E-state index in [1.54, 1.807) is 23.3 Å². The van der Waals surface area contributed by atoms with E-state index in [-0.39, 0.29) is 6.03 Å². The Bertz CT molecular complexity index is 522. The van der Waals surface area contributed by atoms with Gasteiger partial charge in [0.15, 0.2) is 0 Å². The van der Waals surface area contributed by atoms with Crippen molar-refractivity contribution in [3.05, 3.63) is 52.2 Å². The van der Waals surface area contributed by atoms with E-state index in [2.05, 4.69) is 18.3 Å². The first-order chi connectivity index (χ1) is 8.66. The van der Waals surface area contributed by atoms with Crippen LogP contribution in [0, 0.1) is 6.92 Å². The second kappa shape index (κ2) is 5.69. The SMILES string of the molecule is Cc1ccsc1CN(C)C(=O)Nc1ccccc1. The van der Waals surface area contributed by atoms with Crippen molar-refractivity contribution in [3.8, 4) is 0 Å². The van der Waals surface area contributed by atoms with Crippen LogP contribution in [-0.4, -0.2) is 18.0 Å². The summed E-state index contributed by atoms with van der Waals surface area (Å²) < 4.78 is 0. The van der Waals surface area contributed by atoms with E-state index in [1.165, 1.54) is 10.4 Å². The lowest BCUT2D eigenvalue weighted by Gasteiger charge is -2.17. The number of amides is 2. The lowest BCUT2D eigenvalue weighted by molar-refractivity contribution is 0.221. The van der Waals surface area contributed by atoms with E-state index >= 15 is 0 Å².